The van der Waals surface area contributed by atoms with Crippen molar-refractivity contribution in [2.24, 2.45) is 0 Å². The number of likely N-dealkylation sites (N-methyl/N-ethyl adjacent to an activating group) is 1. The Morgan fingerprint density at radius 3 is 2.58 bits per heavy atom. The third-order valence-electron chi connectivity index (χ3n) is 7.39. The van der Waals surface area contributed by atoms with Gasteiger partial charge in [0.25, 0.3) is 5.56 Å². The van der Waals surface area contributed by atoms with Gasteiger partial charge < -0.3 is 14.6 Å². The number of aromatic amines is 1. The minimum atomic E-state index is -3.68. The number of benzene rings is 1. The number of fused-ring (bicyclic) bond motifs is 1. The van der Waals surface area contributed by atoms with Gasteiger partial charge in [-0.05, 0) is 51.9 Å². The first-order valence-corrected chi connectivity index (χ1v) is 14.1. The number of methoxy groups -OCH3 is 1. The van der Waals surface area contributed by atoms with Crippen LogP contribution in [-0.2, 0) is 10.0 Å². The van der Waals surface area contributed by atoms with E-state index in [-0.39, 0.29) is 16.5 Å². The molecule has 0 unspecified atom stereocenters. The third kappa shape index (κ3) is 4.55. The van der Waals surface area contributed by atoms with Crippen LogP contribution in [0.3, 0.4) is 0 Å². The van der Waals surface area contributed by atoms with E-state index in [1.54, 1.807) is 12.1 Å². The van der Waals surface area contributed by atoms with Gasteiger partial charge in [0.2, 0.25) is 10.0 Å². The fraction of sp³-hybridized carbons (Fsp3) is 0.560. The number of nitrogens with zero attached hydrogens (tertiary/aromatic N) is 5. The van der Waals surface area contributed by atoms with E-state index in [4.69, 9.17) is 9.72 Å². The van der Waals surface area contributed by atoms with Crippen LogP contribution >= 0.6 is 0 Å². The molecule has 36 heavy (non-hydrogen) atoms. The van der Waals surface area contributed by atoms with E-state index in [0.717, 1.165) is 38.6 Å². The molecule has 1 aromatic carbocycles. The number of aromatic nitrogens is 4. The number of ether oxygens (including phenoxy) is 1. The summed E-state index contributed by atoms with van der Waals surface area (Å²) in [7, 11) is -0.194. The molecule has 3 heterocycles. The minimum Gasteiger partial charge on any atom is -0.496 e. The molecule has 10 nitrogen and oxygen atoms in total. The van der Waals surface area contributed by atoms with Crippen LogP contribution in [0.25, 0.3) is 22.4 Å². The standard InChI is InChI=1S/C25H34N6O4S/c1-17-22-23(31(28-17)18-8-5-4-6-9-18)25(32)27-24(26-22)20-11-10-19(16-21(20)35-3)36(33,34)30-13-7-12-29(2)14-15-30/h10-11,16,18H,4-9,12-15H2,1-3H3,(H,26,27,32). The number of hydrogen-bond acceptors (Lipinski definition) is 7. The topological polar surface area (TPSA) is 113 Å². The van der Waals surface area contributed by atoms with E-state index in [2.05, 4.69) is 15.0 Å². The Morgan fingerprint density at radius 2 is 1.83 bits per heavy atom. The maximum Gasteiger partial charge on any atom is 0.277 e. The average molecular weight is 515 g/mol. The van der Waals surface area contributed by atoms with Gasteiger partial charge in [-0.3, -0.25) is 9.48 Å². The SMILES string of the molecule is COc1cc(S(=O)(=O)N2CCCN(C)CC2)ccc1-c1nc2c(C)nn(C3CCCCC3)c2c(=O)[nH]1. The first-order chi connectivity index (χ1) is 17.3. The Balaban J connectivity index is 1.52. The fourth-order valence-electron chi connectivity index (χ4n) is 5.35. The van der Waals surface area contributed by atoms with Gasteiger partial charge in [-0.25, -0.2) is 13.4 Å². The van der Waals surface area contributed by atoms with Gasteiger partial charge in [-0.2, -0.15) is 9.40 Å². The Hall–Kier alpha value is -2.76. The van der Waals surface area contributed by atoms with E-state index in [1.807, 2.05) is 18.7 Å². The molecule has 0 atom stereocenters. The predicted octanol–water partition coefficient (Wildman–Crippen LogP) is 2.94. The first kappa shape index (κ1) is 24.9. The molecular formula is C25H34N6O4S. The molecule has 1 aliphatic carbocycles. The molecule has 0 amide bonds. The summed E-state index contributed by atoms with van der Waals surface area (Å²) in [6, 6.07) is 4.94. The Labute approximate surface area is 211 Å². The van der Waals surface area contributed by atoms with Crippen molar-refractivity contribution in [1.82, 2.24) is 29.0 Å². The van der Waals surface area contributed by atoms with Gasteiger partial charge in [0.15, 0.2) is 5.52 Å². The lowest BCUT2D eigenvalue weighted by Gasteiger charge is -2.22. The van der Waals surface area contributed by atoms with Gasteiger partial charge in [-0.15, -0.1) is 0 Å². The lowest BCUT2D eigenvalue weighted by atomic mass is 9.95. The van der Waals surface area contributed by atoms with Crippen molar-refractivity contribution in [1.29, 1.82) is 0 Å². The van der Waals surface area contributed by atoms with Crippen LogP contribution in [0.2, 0.25) is 0 Å². The molecule has 194 valence electrons. The summed E-state index contributed by atoms with van der Waals surface area (Å²) in [5.74, 6) is 0.666. The van der Waals surface area contributed by atoms with Crippen molar-refractivity contribution in [3.63, 3.8) is 0 Å². The van der Waals surface area contributed by atoms with Crippen LogP contribution in [0.1, 0.15) is 50.3 Å². The molecule has 1 N–H and O–H groups in total. The number of nitrogens with one attached hydrogen (secondary N) is 1. The summed E-state index contributed by atoms with van der Waals surface area (Å²) in [5.41, 5.74) is 2.02. The molecule has 2 aliphatic rings. The molecule has 5 rings (SSSR count). The second-order valence-electron chi connectivity index (χ2n) is 9.86. The van der Waals surface area contributed by atoms with Crippen molar-refractivity contribution in [3.8, 4) is 17.1 Å². The zero-order valence-corrected chi connectivity index (χ0v) is 22.0. The van der Waals surface area contributed by atoms with Crippen molar-refractivity contribution in [3.05, 3.63) is 34.2 Å². The Bertz CT molecular complexity index is 1420. The van der Waals surface area contributed by atoms with Crippen LogP contribution in [0.5, 0.6) is 5.75 Å². The number of hydrogen-bond donors (Lipinski definition) is 1. The maximum atomic E-state index is 13.4. The molecule has 1 saturated carbocycles. The van der Waals surface area contributed by atoms with Crippen molar-refractivity contribution < 1.29 is 13.2 Å². The summed E-state index contributed by atoms with van der Waals surface area (Å²) in [6.07, 6.45) is 6.28. The summed E-state index contributed by atoms with van der Waals surface area (Å²) in [6.45, 7) is 4.34. The lowest BCUT2D eigenvalue weighted by Crippen LogP contribution is -2.34. The highest BCUT2D eigenvalue weighted by atomic mass is 32.2. The van der Waals surface area contributed by atoms with Crippen molar-refractivity contribution >= 4 is 21.1 Å². The Kier molecular flexibility index (Phi) is 6.88. The van der Waals surface area contributed by atoms with Crippen molar-refractivity contribution in [2.75, 3.05) is 40.3 Å². The van der Waals surface area contributed by atoms with Crippen LogP contribution in [0.4, 0.5) is 0 Å². The fourth-order valence-corrected chi connectivity index (χ4v) is 6.83. The second-order valence-corrected chi connectivity index (χ2v) is 11.8. The average Bonchev–Trinajstić information content (AvgIpc) is 3.06. The number of aryl methyl sites for hydroxylation is 1. The molecular weight excluding hydrogens is 480 g/mol. The summed E-state index contributed by atoms with van der Waals surface area (Å²) in [5, 5.41) is 4.68. The molecule has 0 spiro atoms. The monoisotopic (exact) mass is 514 g/mol. The molecule has 0 radical (unpaired) electrons. The molecule has 11 heteroatoms. The van der Waals surface area contributed by atoms with E-state index in [9.17, 15) is 13.2 Å². The van der Waals surface area contributed by atoms with E-state index in [1.165, 1.54) is 23.9 Å². The molecule has 2 aromatic heterocycles. The van der Waals surface area contributed by atoms with Crippen molar-refractivity contribution in [2.45, 2.75) is 56.4 Å². The summed E-state index contributed by atoms with van der Waals surface area (Å²) in [4.78, 5) is 23.2. The zero-order valence-electron chi connectivity index (χ0n) is 21.2. The van der Waals surface area contributed by atoms with E-state index >= 15 is 0 Å². The summed E-state index contributed by atoms with van der Waals surface area (Å²) < 4.78 is 35.7. The van der Waals surface area contributed by atoms with Gasteiger partial charge in [0.1, 0.15) is 17.1 Å². The van der Waals surface area contributed by atoms with Gasteiger partial charge in [-0.1, -0.05) is 19.3 Å². The largest absolute Gasteiger partial charge is 0.496 e. The van der Waals surface area contributed by atoms with Gasteiger partial charge in [0, 0.05) is 25.7 Å². The number of H-pyrrole nitrogens is 1. The molecule has 0 bridgehead atoms. The summed E-state index contributed by atoms with van der Waals surface area (Å²) >= 11 is 0. The highest BCUT2D eigenvalue weighted by Gasteiger charge is 2.28. The second kappa shape index (κ2) is 9.95. The Morgan fingerprint density at radius 1 is 1.06 bits per heavy atom. The molecule has 2 fully saturated rings. The maximum absolute atomic E-state index is 13.4. The van der Waals surface area contributed by atoms with Crippen LogP contribution in [-0.4, -0.2) is 77.7 Å². The van der Waals surface area contributed by atoms with Crippen LogP contribution in [0, 0.1) is 6.92 Å². The molecule has 1 saturated heterocycles. The predicted molar refractivity (Wildman–Crippen MR) is 138 cm³/mol. The van der Waals surface area contributed by atoms with E-state index < -0.39 is 10.0 Å². The zero-order chi connectivity index (χ0) is 25.4. The lowest BCUT2D eigenvalue weighted by molar-refractivity contribution is 0.336. The number of sulfonamides is 1. The van der Waals surface area contributed by atoms with Crippen LogP contribution in [0.15, 0.2) is 27.9 Å². The normalized spacial score (nSPS) is 19.0. The minimum absolute atomic E-state index is 0.164. The van der Waals surface area contributed by atoms with Crippen LogP contribution < -0.4 is 10.3 Å². The third-order valence-corrected chi connectivity index (χ3v) is 9.28. The highest BCUT2D eigenvalue weighted by Crippen LogP contribution is 2.33. The molecule has 3 aromatic rings. The number of rotatable bonds is 5. The quantitative estimate of drug-likeness (QED) is 0.557. The first-order valence-electron chi connectivity index (χ1n) is 12.7. The van der Waals surface area contributed by atoms with Gasteiger partial charge in [0.05, 0.1) is 29.3 Å². The van der Waals surface area contributed by atoms with E-state index in [0.29, 0.717) is 53.5 Å². The highest BCUT2D eigenvalue weighted by molar-refractivity contribution is 7.89. The smallest absolute Gasteiger partial charge is 0.277 e. The van der Waals surface area contributed by atoms with Gasteiger partial charge >= 0.3 is 0 Å². The molecule has 1 aliphatic heterocycles.